The standard InChI is InChI=1S/C21H19F2N3O2/c22-16-9-12(5-6-15(16)21(23)7-2-8-24-11-21)19-14-10-28-26-20(27)13-3-1-4-17(25-19)18(13)14/h1,3-6,9,24-25H,2,7-8,10-11H2,(H,26,27)/t21-/m1/s1. The zero-order chi connectivity index (χ0) is 19.3. The van der Waals surface area contributed by atoms with Crippen LogP contribution in [0, 0.1) is 5.82 Å². The van der Waals surface area contributed by atoms with Crippen LogP contribution in [0.25, 0.3) is 22.2 Å². The van der Waals surface area contributed by atoms with Crippen LogP contribution in [0.3, 0.4) is 0 Å². The second kappa shape index (κ2) is 6.39. The fourth-order valence-electron chi connectivity index (χ4n) is 4.26. The number of carbonyl (C=O) groups is 1. The summed E-state index contributed by atoms with van der Waals surface area (Å²) in [6, 6.07) is 9.96. The minimum absolute atomic E-state index is 0.0826. The quantitative estimate of drug-likeness (QED) is 0.632. The van der Waals surface area contributed by atoms with Gasteiger partial charge in [-0.3, -0.25) is 9.63 Å². The number of alkyl halides is 1. The molecule has 0 spiro atoms. The Morgan fingerprint density at radius 2 is 2.07 bits per heavy atom. The fraction of sp³-hybridized carbons (Fsp3) is 0.286. The highest BCUT2D eigenvalue weighted by Gasteiger charge is 2.36. The van der Waals surface area contributed by atoms with E-state index in [0.29, 0.717) is 29.7 Å². The molecule has 28 heavy (non-hydrogen) atoms. The van der Waals surface area contributed by atoms with Gasteiger partial charge in [-0.05, 0) is 37.6 Å². The summed E-state index contributed by atoms with van der Waals surface area (Å²) in [4.78, 5) is 20.7. The number of aromatic nitrogens is 1. The van der Waals surface area contributed by atoms with E-state index in [-0.39, 0.29) is 24.6 Å². The van der Waals surface area contributed by atoms with E-state index in [9.17, 15) is 9.18 Å². The third kappa shape index (κ3) is 2.62. The van der Waals surface area contributed by atoms with E-state index >= 15 is 4.39 Å². The number of piperidine rings is 1. The molecule has 2 aromatic carbocycles. The van der Waals surface area contributed by atoms with Gasteiger partial charge in [-0.2, -0.15) is 0 Å². The largest absolute Gasteiger partial charge is 0.354 e. The summed E-state index contributed by atoms with van der Waals surface area (Å²) in [6.07, 6.45) is 0.976. The second-order valence-corrected chi connectivity index (χ2v) is 7.37. The molecule has 5 nitrogen and oxygen atoms in total. The van der Waals surface area contributed by atoms with Gasteiger partial charge in [0.15, 0.2) is 5.67 Å². The van der Waals surface area contributed by atoms with Gasteiger partial charge in [-0.15, -0.1) is 0 Å². The lowest BCUT2D eigenvalue weighted by atomic mass is 9.87. The molecule has 5 rings (SSSR count). The highest BCUT2D eigenvalue weighted by Crippen LogP contribution is 2.38. The van der Waals surface area contributed by atoms with Crippen LogP contribution in [0.5, 0.6) is 0 Å². The van der Waals surface area contributed by atoms with Crippen molar-refractivity contribution in [2.24, 2.45) is 0 Å². The Labute approximate surface area is 160 Å². The molecule has 0 saturated carbocycles. The first-order chi connectivity index (χ1) is 13.6. The minimum atomic E-state index is -1.69. The molecule has 2 aliphatic rings. The molecule has 144 valence electrons. The predicted molar refractivity (Wildman–Crippen MR) is 101 cm³/mol. The Morgan fingerprint density at radius 1 is 1.18 bits per heavy atom. The van der Waals surface area contributed by atoms with E-state index in [0.717, 1.165) is 23.0 Å². The molecule has 2 aliphatic heterocycles. The number of hydrogen-bond donors (Lipinski definition) is 3. The van der Waals surface area contributed by atoms with Crippen molar-refractivity contribution >= 4 is 16.8 Å². The first kappa shape index (κ1) is 17.3. The van der Waals surface area contributed by atoms with Crippen LogP contribution in [0.1, 0.15) is 34.3 Å². The van der Waals surface area contributed by atoms with Gasteiger partial charge in [0, 0.05) is 34.1 Å². The van der Waals surface area contributed by atoms with Gasteiger partial charge in [-0.25, -0.2) is 14.3 Å². The maximum atomic E-state index is 15.2. The Balaban J connectivity index is 1.63. The van der Waals surface area contributed by atoms with Crippen molar-refractivity contribution in [2.75, 3.05) is 13.1 Å². The summed E-state index contributed by atoms with van der Waals surface area (Å²) in [5.74, 6) is -0.890. The molecule has 7 heteroatoms. The van der Waals surface area contributed by atoms with Gasteiger partial charge in [0.2, 0.25) is 0 Å². The van der Waals surface area contributed by atoms with Crippen molar-refractivity contribution in [3.8, 4) is 11.3 Å². The van der Waals surface area contributed by atoms with Crippen molar-refractivity contribution in [1.29, 1.82) is 0 Å². The molecule has 1 amide bonds. The molecule has 3 heterocycles. The van der Waals surface area contributed by atoms with Crippen LogP contribution in [0.4, 0.5) is 8.78 Å². The number of amides is 1. The number of nitrogens with one attached hydrogen (secondary N) is 3. The highest BCUT2D eigenvalue weighted by molar-refractivity contribution is 6.09. The number of benzene rings is 2. The summed E-state index contributed by atoms with van der Waals surface area (Å²) >= 11 is 0. The number of hydrogen-bond acceptors (Lipinski definition) is 3. The lowest BCUT2D eigenvalue weighted by molar-refractivity contribution is 0.0256. The predicted octanol–water partition coefficient (Wildman–Crippen LogP) is 3.70. The Bertz CT molecular complexity index is 1090. The molecule has 0 unspecified atom stereocenters. The summed E-state index contributed by atoms with van der Waals surface area (Å²) in [5, 5.41) is 3.76. The Kier molecular flexibility index (Phi) is 3.96. The maximum Gasteiger partial charge on any atom is 0.275 e. The van der Waals surface area contributed by atoms with Gasteiger partial charge in [-0.1, -0.05) is 18.2 Å². The van der Waals surface area contributed by atoms with Crippen LogP contribution >= 0.6 is 0 Å². The van der Waals surface area contributed by atoms with Crippen LogP contribution in [-0.2, 0) is 17.1 Å². The Morgan fingerprint density at radius 3 is 2.86 bits per heavy atom. The summed E-state index contributed by atoms with van der Waals surface area (Å²) in [6.45, 7) is 1.02. The smallest absolute Gasteiger partial charge is 0.275 e. The van der Waals surface area contributed by atoms with Gasteiger partial charge < -0.3 is 10.3 Å². The van der Waals surface area contributed by atoms with E-state index in [4.69, 9.17) is 4.84 Å². The van der Waals surface area contributed by atoms with Crippen molar-refractivity contribution < 1.29 is 18.4 Å². The number of H-pyrrole nitrogens is 1. The summed E-state index contributed by atoms with van der Waals surface area (Å²) < 4.78 is 30.1. The molecule has 0 bridgehead atoms. The number of rotatable bonds is 2. The minimum Gasteiger partial charge on any atom is -0.354 e. The zero-order valence-electron chi connectivity index (χ0n) is 15.1. The average Bonchev–Trinajstić information content (AvgIpc) is 2.98. The summed E-state index contributed by atoms with van der Waals surface area (Å²) in [7, 11) is 0. The number of halogens is 2. The van der Waals surface area contributed by atoms with Crippen LogP contribution < -0.4 is 10.8 Å². The molecule has 0 radical (unpaired) electrons. The molecule has 1 atom stereocenters. The van der Waals surface area contributed by atoms with E-state index < -0.39 is 11.5 Å². The van der Waals surface area contributed by atoms with Crippen molar-refractivity contribution in [3.05, 3.63) is 58.9 Å². The normalized spacial score (nSPS) is 22.1. The topological polar surface area (TPSA) is 66.2 Å². The van der Waals surface area contributed by atoms with Crippen LogP contribution in [0.15, 0.2) is 36.4 Å². The second-order valence-electron chi connectivity index (χ2n) is 7.37. The molecule has 1 saturated heterocycles. The van der Waals surface area contributed by atoms with Gasteiger partial charge >= 0.3 is 0 Å². The van der Waals surface area contributed by atoms with E-state index in [1.807, 2.05) is 6.07 Å². The zero-order valence-corrected chi connectivity index (χ0v) is 15.1. The van der Waals surface area contributed by atoms with Crippen molar-refractivity contribution in [3.63, 3.8) is 0 Å². The van der Waals surface area contributed by atoms with Crippen molar-refractivity contribution in [1.82, 2.24) is 15.8 Å². The number of carbonyl (C=O) groups excluding carboxylic acids is 1. The third-order valence-corrected chi connectivity index (χ3v) is 5.63. The van der Waals surface area contributed by atoms with E-state index in [1.54, 1.807) is 18.2 Å². The third-order valence-electron chi connectivity index (χ3n) is 5.63. The molecular formula is C21H19F2N3O2. The average molecular weight is 383 g/mol. The lowest BCUT2D eigenvalue weighted by Gasteiger charge is -2.31. The first-order valence-electron chi connectivity index (χ1n) is 9.32. The maximum absolute atomic E-state index is 15.2. The molecule has 1 fully saturated rings. The SMILES string of the molecule is O=C1NOCc2c(-c3ccc([C@@]4(F)CCCNC4)c(F)c3)[nH]c3cccc1c23. The van der Waals surface area contributed by atoms with Crippen LogP contribution in [0.2, 0.25) is 0 Å². The monoisotopic (exact) mass is 383 g/mol. The summed E-state index contributed by atoms with van der Waals surface area (Å²) in [5.41, 5.74) is 4.08. The van der Waals surface area contributed by atoms with Crippen LogP contribution in [-0.4, -0.2) is 24.0 Å². The lowest BCUT2D eigenvalue weighted by Crippen LogP contribution is -2.40. The van der Waals surface area contributed by atoms with E-state index in [2.05, 4.69) is 15.8 Å². The number of aromatic amines is 1. The number of hydroxylamine groups is 1. The highest BCUT2D eigenvalue weighted by atomic mass is 19.1. The molecule has 3 N–H and O–H groups in total. The molecule has 3 aromatic rings. The fourth-order valence-corrected chi connectivity index (χ4v) is 4.26. The molecule has 1 aromatic heterocycles. The first-order valence-corrected chi connectivity index (χ1v) is 9.32. The van der Waals surface area contributed by atoms with Gasteiger partial charge in [0.25, 0.3) is 5.91 Å². The van der Waals surface area contributed by atoms with Gasteiger partial charge in [0.05, 0.1) is 11.3 Å². The van der Waals surface area contributed by atoms with Crippen molar-refractivity contribution in [2.45, 2.75) is 25.1 Å². The Hall–Kier alpha value is -2.77. The molecule has 0 aliphatic carbocycles. The van der Waals surface area contributed by atoms with Gasteiger partial charge in [0.1, 0.15) is 12.4 Å². The van der Waals surface area contributed by atoms with E-state index in [1.165, 1.54) is 12.1 Å². The molecular weight excluding hydrogens is 364 g/mol.